The van der Waals surface area contributed by atoms with Crippen LogP contribution in [0.3, 0.4) is 0 Å². The van der Waals surface area contributed by atoms with Gasteiger partial charge in [0.2, 0.25) is 0 Å². The number of hydrogen-bond acceptors (Lipinski definition) is 4. The molecule has 0 spiro atoms. The van der Waals surface area contributed by atoms with Gasteiger partial charge in [0, 0.05) is 6.54 Å². The number of nitrogens with zero attached hydrogens (tertiary/aromatic N) is 1. The molecule has 0 aromatic heterocycles. The molecule has 108 valence electrons. The first-order valence-electron chi connectivity index (χ1n) is 6.65. The molecule has 18 heavy (non-hydrogen) atoms. The highest BCUT2D eigenvalue weighted by atomic mass is 16.5. The van der Waals surface area contributed by atoms with Crippen molar-refractivity contribution in [2.75, 3.05) is 33.4 Å². The Morgan fingerprint density at radius 1 is 1.50 bits per heavy atom. The lowest BCUT2D eigenvalue weighted by Crippen LogP contribution is -2.45. The minimum Gasteiger partial charge on any atom is -0.453 e. The molecular formula is C13H28N2O3. The summed E-state index contributed by atoms with van der Waals surface area (Å²) in [5, 5.41) is 0. The normalized spacial score (nSPS) is 19.2. The summed E-state index contributed by atoms with van der Waals surface area (Å²) in [5.74, 6) is 0.833. The predicted octanol–water partition coefficient (Wildman–Crippen LogP) is 1.85. The van der Waals surface area contributed by atoms with Crippen molar-refractivity contribution in [1.29, 1.82) is 0 Å². The summed E-state index contributed by atoms with van der Waals surface area (Å²) >= 11 is 0. The fourth-order valence-electron chi connectivity index (χ4n) is 1.53. The van der Waals surface area contributed by atoms with Crippen molar-refractivity contribution in [2.24, 2.45) is 11.7 Å². The fraction of sp³-hybridized carbons (Fsp3) is 0.923. The minimum atomic E-state index is -0.272. The Balaban J connectivity index is 0.000000631. The molecule has 1 aliphatic rings. The summed E-state index contributed by atoms with van der Waals surface area (Å²) in [4.78, 5) is 12.9. The molecule has 1 heterocycles. The number of methoxy groups -OCH3 is 1. The van der Waals surface area contributed by atoms with E-state index in [1.807, 2.05) is 0 Å². The summed E-state index contributed by atoms with van der Waals surface area (Å²) < 4.78 is 10.1. The smallest absolute Gasteiger partial charge is 0.409 e. The summed E-state index contributed by atoms with van der Waals surface area (Å²) in [6, 6.07) is 0. The number of hydrogen-bond donors (Lipinski definition) is 1. The van der Waals surface area contributed by atoms with E-state index >= 15 is 0 Å². The zero-order valence-electron chi connectivity index (χ0n) is 12.1. The second kappa shape index (κ2) is 10.1. The van der Waals surface area contributed by atoms with Crippen LogP contribution in [0.1, 0.15) is 33.6 Å². The molecule has 0 saturated carbocycles. The molecule has 5 nitrogen and oxygen atoms in total. The number of carbonyl (C=O) groups excluding carboxylic acids is 1. The van der Waals surface area contributed by atoms with Gasteiger partial charge in [0.15, 0.2) is 0 Å². The standard InChI is InChI=1S/C9H18N2O3.C4H10/c1-13-9(12)11-5-6-14-8(7-11)3-2-4-10;1-4(2)3/h8H,2-7,10H2,1H3;4H,1-3H3/t8-;/m0./s1. The minimum absolute atomic E-state index is 0.117. The van der Waals surface area contributed by atoms with Gasteiger partial charge < -0.3 is 20.1 Å². The molecule has 1 rings (SSSR count). The molecule has 0 unspecified atom stereocenters. The van der Waals surface area contributed by atoms with E-state index in [1.165, 1.54) is 7.11 Å². The van der Waals surface area contributed by atoms with Gasteiger partial charge in [-0.25, -0.2) is 4.79 Å². The molecule has 5 heteroatoms. The van der Waals surface area contributed by atoms with Crippen molar-refractivity contribution in [3.05, 3.63) is 0 Å². The average Bonchev–Trinajstić information content (AvgIpc) is 2.35. The summed E-state index contributed by atoms with van der Waals surface area (Å²) in [7, 11) is 1.40. The van der Waals surface area contributed by atoms with Gasteiger partial charge >= 0.3 is 6.09 Å². The van der Waals surface area contributed by atoms with Gasteiger partial charge in [-0.15, -0.1) is 0 Å². The van der Waals surface area contributed by atoms with Crippen molar-refractivity contribution >= 4 is 6.09 Å². The lowest BCUT2D eigenvalue weighted by atomic mass is 10.1. The number of amides is 1. The highest BCUT2D eigenvalue weighted by molar-refractivity contribution is 5.67. The number of carbonyl (C=O) groups is 1. The van der Waals surface area contributed by atoms with Crippen molar-refractivity contribution in [3.63, 3.8) is 0 Å². The van der Waals surface area contributed by atoms with Crippen LogP contribution >= 0.6 is 0 Å². The van der Waals surface area contributed by atoms with Crippen LogP contribution in [-0.2, 0) is 9.47 Å². The van der Waals surface area contributed by atoms with Crippen LogP contribution in [-0.4, -0.2) is 50.4 Å². The van der Waals surface area contributed by atoms with Gasteiger partial charge in [0.25, 0.3) is 0 Å². The van der Waals surface area contributed by atoms with Crippen LogP contribution in [0.4, 0.5) is 4.79 Å². The lowest BCUT2D eigenvalue weighted by molar-refractivity contribution is -0.0282. The summed E-state index contributed by atoms with van der Waals surface area (Å²) in [6.45, 7) is 8.99. The van der Waals surface area contributed by atoms with Crippen LogP contribution in [0.5, 0.6) is 0 Å². The maximum Gasteiger partial charge on any atom is 0.409 e. The van der Waals surface area contributed by atoms with Crippen LogP contribution in [0.25, 0.3) is 0 Å². The van der Waals surface area contributed by atoms with Crippen LogP contribution in [0.2, 0.25) is 0 Å². The first-order chi connectivity index (χ1) is 8.51. The molecule has 0 aromatic rings. The Labute approximate surface area is 111 Å². The van der Waals surface area contributed by atoms with E-state index in [1.54, 1.807) is 4.90 Å². The molecule has 0 aromatic carbocycles. The molecule has 1 aliphatic heterocycles. The van der Waals surface area contributed by atoms with E-state index in [0.717, 1.165) is 18.8 Å². The summed E-state index contributed by atoms with van der Waals surface area (Å²) in [5.41, 5.74) is 5.41. The molecule has 0 bridgehead atoms. The molecule has 1 amide bonds. The molecule has 1 saturated heterocycles. The molecule has 2 N–H and O–H groups in total. The topological polar surface area (TPSA) is 64.8 Å². The Bertz CT molecular complexity index is 220. The van der Waals surface area contributed by atoms with E-state index in [9.17, 15) is 4.79 Å². The van der Waals surface area contributed by atoms with Crippen molar-refractivity contribution in [3.8, 4) is 0 Å². The number of nitrogens with two attached hydrogens (primary N) is 1. The van der Waals surface area contributed by atoms with E-state index in [-0.39, 0.29) is 12.2 Å². The summed E-state index contributed by atoms with van der Waals surface area (Å²) in [6.07, 6.45) is 1.68. The largest absolute Gasteiger partial charge is 0.453 e. The van der Waals surface area contributed by atoms with Crippen molar-refractivity contribution in [2.45, 2.75) is 39.7 Å². The van der Waals surface area contributed by atoms with Gasteiger partial charge in [0.05, 0.1) is 26.4 Å². The second-order valence-corrected chi connectivity index (χ2v) is 5.07. The average molecular weight is 260 g/mol. The second-order valence-electron chi connectivity index (χ2n) is 5.07. The molecule has 0 aliphatic carbocycles. The highest BCUT2D eigenvalue weighted by Crippen LogP contribution is 2.10. The molecule has 0 radical (unpaired) electrons. The Morgan fingerprint density at radius 2 is 2.11 bits per heavy atom. The SMILES string of the molecule is CC(C)C.COC(=O)N1CCO[C@@H](CCCN)C1. The zero-order valence-corrected chi connectivity index (χ0v) is 12.1. The van der Waals surface area contributed by atoms with Gasteiger partial charge in [-0.05, 0) is 25.3 Å². The van der Waals surface area contributed by atoms with Gasteiger partial charge in [-0.2, -0.15) is 0 Å². The molecule has 1 atom stereocenters. The maximum absolute atomic E-state index is 11.2. The van der Waals surface area contributed by atoms with Gasteiger partial charge in [-0.3, -0.25) is 0 Å². The maximum atomic E-state index is 11.2. The van der Waals surface area contributed by atoms with Gasteiger partial charge in [0.1, 0.15) is 0 Å². The van der Waals surface area contributed by atoms with E-state index in [4.69, 9.17) is 10.5 Å². The van der Waals surface area contributed by atoms with Gasteiger partial charge in [-0.1, -0.05) is 20.8 Å². The third-order valence-corrected chi connectivity index (χ3v) is 2.30. The van der Waals surface area contributed by atoms with Crippen LogP contribution < -0.4 is 5.73 Å². The quantitative estimate of drug-likeness (QED) is 0.841. The van der Waals surface area contributed by atoms with E-state index in [0.29, 0.717) is 26.2 Å². The highest BCUT2D eigenvalue weighted by Gasteiger charge is 2.23. The van der Waals surface area contributed by atoms with Crippen LogP contribution in [0, 0.1) is 5.92 Å². The predicted molar refractivity (Wildman–Crippen MR) is 72.5 cm³/mol. The van der Waals surface area contributed by atoms with E-state index in [2.05, 4.69) is 25.5 Å². The number of rotatable bonds is 3. The number of ether oxygens (including phenoxy) is 2. The Hall–Kier alpha value is -0.810. The molecule has 1 fully saturated rings. The first kappa shape index (κ1) is 17.2. The monoisotopic (exact) mass is 260 g/mol. The Morgan fingerprint density at radius 3 is 2.61 bits per heavy atom. The number of morpholine rings is 1. The van der Waals surface area contributed by atoms with Crippen molar-refractivity contribution < 1.29 is 14.3 Å². The first-order valence-corrected chi connectivity index (χ1v) is 6.65. The molecular weight excluding hydrogens is 232 g/mol. The van der Waals surface area contributed by atoms with Crippen LogP contribution in [0.15, 0.2) is 0 Å². The van der Waals surface area contributed by atoms with E-state index < -0.39 is 0 Å². The lowest BCUT2D eigenvalue weighted by Gasteiger charge is -2.31. The third-order valence-electron chi connectivity index (χ3n) is 2.30. The Kier molecular flexibility index (Phi) is 9.69. The fourth-order valence-corrected chi connectivity index (χ4v) is 1.53. The third kappa shape index (κ3) is 8.31. The van der Waals surface area contributed by atoms with Crippen molar-refractivity contribution in [1.82, 2.24) is 4.90 Å². The zero-order chi connectivity index (χ0) is 14.0.